The molecular formula is C22H21ClN4O2S. The summed E-state index contributed by atoms with van der Waals surface area (Å²) in [7, 11) is 0. The first-order valence-corrected chi connectivity index (χ1v) is 10.7. The minimum absolute atomic E-state index is 0.123. The van der Waals surface area contributed by atoms with Crippen molar-refractivity contribution in [1.29, 1.82) is 5.26 Å². The molecule has 0 unspecified atom stereocenters. The molecule has 1 aromatic heterocycles. The number of anilines is 1. The average molecular weight is 441 g/mol. The van der Waals surface area contributed by atoms with Crippen LogP contribution in [0.5, 0.6) is 5.75 Å². The van der Waals surface area contributed by atoms with E-state index in [9.17, 15) is 5.11 Å². The van der Waals surface area contributed by atoms with Gasteiger partial charge in [-0.3, -0.25) is 0 Å². The number of aliphatic hydroxyl groups is 1. The summed E-state index contributed by atoms with van der Waals surface area (Å²) < 4.78 is 5.56. The van der Waals surface area contributed by atoms with Gasteiger partial charge in [-0.2, -0.15) is 5.26 Å². The summed E-state index contributed by atoms with van der Waals surface area (Å²) in [6, 6.07) is 16.2. The number of nitriles is 1. The van der Waals surface area contributed by atoms with E-state index in [0.29, 0.717) is 39.5 Å². The number of halogens is 1. The molecule has 1 atom stereocenters. The highest BCUT2D eigenvalue weighted by molar-refractivity contribution is 7.99. The van der Waals surface area contributed by atoms with E-state index < -0.39 is 6.10 Å². The first kappa shape index (κ1) is 21.9. The number of ether oxygens (including phenoxy) is 1. The maximum Gasteiger partial charge on any atom is 0.189 e. The molecule has 0 radical (unpaired) electrons. The number of hydrogen-bond acceptors (Lipinski definition) is 7. The van der Waals surface area contributed by atoms with E-state index in [2.05, 4.69) is 9.97 Å². The third kappa shape index (κ3) is 5.63. The highest BCUT2D eigenvalue weighted by Gasteiger charge is 2.15. The number of aliphatic hydroxyl groups excluding tert-OH is 1. The number of aromatic nitrogens is 2. The van der Waals surface area contributed by atoms with Gasteiger partial charge in [0.25, 0.3) is 0 Å². The monoisotopic (exact) mass is 440 g/mol. The predicted octanol–water partition coefficient (Wildman–Crippen LogP) is 4.35. The number of nitrogens with two attached hydrogens (primary N) is 1. The summed E-state index contributed by atoms with van der Waals surface area (Å²) in [5.41, 5.74) is 9.35. The van der Waals surface area contributed by atoms with Crippen molar-refractivity contribution in [2.75, 3.05) is 18.1 Å². The van der Waals surface area contributed by atoms with E-state index in [-0.39, 0.29) is 6.61 Å². The SMILES string of the molecule is CCc1nc(SC[C@@H](O)COc2ccc(C#N)cc2)nc(N)c1-c1ccc(Cl)cc1. The lowest BCUT2D eigenvalue weighted by atomic mass is 10.0. The summed E-state index contributed by atoms with van der Waals surface area (Å²) in [6.07, 6.45) is -0.0146. The molecule has 0 bridgehead atoms. The maximum absolute atomic E-state index is 10.2. The molecule has 0 aliphatic rings. The molecule has 0 saturated carbocycles. The Bertz CT molecular complexity index is 1040. The van der Waals surface area contributed by atoms with Gasteiger partial charge in [-0.05, 0) is 48.4 Å². The molecule has 3 N–H and O–H groups in total. The van der Waals surface area contributed by atoms with Crippen molar-refractivity contribution in [2.45, 2.75) is 24.6 Å². The summed E-state index contributed by atoms with van der Waals surface area (Å²) in [6.45, 7) is 2.13. The van der Waals surface area contributed by atoms with Crippen LogP contribution >= 0.6 is 23.4 Å². The third-order valence-electron chi connectivity index (χ3n) is 4.29. The fraction of sp³-hybridized carbons (Fsp3) is 0.227. The summed E-state index contributed by atoms with van der Waals surface area (Å²) in [5.74, 6) is 1.35. The van der Waals surface area contributed by atoms with E-state index in [1.165, 1.54) is 11.8 Å². The number of benzene rings is 2. The van der Waals surface area contributed by atoms with Crippen LogP contribution in [0.4, 0.5) is 5.82 Å². The van der Waals surface area contributed by atoms with Crippen LogP contribution in [0.3, 0.4) is 0 Å². The Morgan fingerprint density at radius 2 is 1.87 bits per heavy atom. The Morgan fingerprint density at radius 1 is 1.17 bits per heavy atom. The van der Waals surface area contributed by atoms with Crippen LogP contribution in [0, 0.1) is 11.3 Å². The van der Waals surface area contributed by atoms with Crippen molar-refractivity contribution in [3.63, 3.8) is 0 Å². The minimum atomic E-state index is -0.712. The molecule has 0 aliphatic heterocycles. The second kappa shape index (κ2) is 10.3. The lowest BCUT2D eigenvalue weighted by molar-refractivity contribution is 0.126. The number of nitrogens with zero attached hydrogens (tertiary/aromatic N) is 3. The predicted molar refractivity (Wildman–Crippen MR) is 120 cm³/mol. The normalized spacial score (nSPS) is 11.7. The zero-order chi connectivity index (χ0) is 21.5. The van der Waals surface area contributed by atoms with Crippen LogP contribution < -0.4 is 10.5 Å². The van der Waals surface area contributed by atoms with Gasteiger partial charge < -0.3 is 15.6 Å². The Balaban J connectivity index is 1.62. The zero-order valence-corrected chi connectivity index (χ0v) is 18.0. The van der Waals surface area contributed by atoms with E-state index in [1.54, 1.807) is 24.3 Å². The molecule has 0 fully saturated rings. The van der Waals surface area contributed by atoms with Crippen molar-refractivity contribution in [1.82, 2.24) is 9.97 Å². The van der Waals surface area contributed by atoms with Crippen LogP contribution in [-0.4, -0.2) is 33.5 Å². The molecule has 3 aromatic rings. The highest BCUT2D eigenvalue weighted by Crippen LogP contribution is 2.31. The van der Waals surface area contributed by atoms with Crippen molar-refractivity contribution >= 4 is 29.2 Å². The average Bonchev–Trinajstić information content (AvgIpc) is 2.77. The highest BCUT2D eigenvalue weighted by atomic mass is 35.5. The van der Waals surface area contributed by atoms with Crippen LogP contribution in [0.2, 0.25) is 5.02 Å². The zero-order valence-electron chi connectivity index (χ0n) is 16.4. The first-order valence-electron chi connectivity index (χ1n) is 9.36. The third-order valence-corrected chi connectivity index (χ3v) is 5.53. The van der Waals surface area contributed by atoms with Crippen molar-refractivity contribution in [3.8, 4) is 22.9 Å². The van der Waals surface area contributed by atoms with Gasteiger partial charge in [0.1, 0.15) is 18.2 Å². The molecule has 0 amide bonds. The van der Waals surface area contributed by atoms with E-state index in [0.717, 1.165) is 16.8 Å². The summed E-state index contributed by atoms with van der Waals surface area (Å²) in [5, 5.41) is 20.2. The smallest absolute Gasteiger partial charge is 0.189 e. The number of nitrogen functional groups attached to an aromatic ring is 1. The fourth-order valence-electron chi connectivity index (χ4n) is 2.79. The molecule has 30 heavy (non-hydrogen) atoms. The van der Waals surface area contributed by atoms with Gasteiger partial charge in [-0.15, -0.1) is 0 Å². The van der Waals surface area contributed by atoms with E-state index in [1.807, 2.05) is 37.3 Å². The quantitative estimate of drug-likeness (QED) is 0.396. The molecular weight excluding hydrogens is 420 g/mol. The van der Waals surface area contributed by atoms with Crippen LogP contribution in [0.1, 0.15) is 18.2 Å². The first-order chi connectivity index (χ1) is 14.5. The number of hydrogen-bond donors (Lipinski definition) is 2. The molecule has 0 spiro atoms. The van der Waals surface area contributed by atoms with Gasteiger partial charge >= 0.3 is 0 Å². The van der Waals surface area contributed by atoms with Crippen molar-refractivity contribution in [3.05, 3.63) is 64.8 Å². The molecule has 0 saturated heterocycles. The Labute approximate surface area is 184 Å². The number of aryl methyl sites for hydroxylation is 1. The topological polar surface area (TPSA) is 105 Å². The maximum atomic E-state index is 10.2. The molecule has 0 aliphatic carbocycles. The van der Waals surface area contributed by atoms with Gasteiger partial charge in [0, 0.05) is 16.3 Å². The second-order valence-electron chi connectivity index (χ2n) is 6.49. The van der Waals surface area contributed by atoms with E-state index >= 15 is 0 Å². The fourth-order valence-corrected chi connectivity index (χ4v) is 3.69. The summed E-state index contributed by atoms with van der Waals surface area (Å²) in [4.78, 5) is 9.02. The minimum Gasteiger partial charge on any atom is -0.491 e. The van der Waals surface area contributed by atoms with Gasteiger partial charge in [0.05, 0.1) is 23.4 Å². The second-order valence-corrected chi connectivity index (χ2v) is 7.91. The lowest BCUT2D eigenvalue weighted by Crippen LogP contribution is -2.20. The molecule has 3 rings (SSSR count). The molecule has 8 heteroatoms. The van der Waals surface area contributed by atoms with Crippen molar-refractivity contribution in [2.24, 2.45) is 0 Å². The molecule has 1 heterocycles. The standard InChI is InChI=1S/C22H21ClN4O2S/c1-2-19-20(15-5-7-16(23)8-6-15)21(25)27-22(26-19)30-13-17(28)12-29-18-9-3-14(11-24)4-10-18/h3-10,17,28H,2,12-13H2,1H3,(H2,25,26,27)/t17-/m0/s1. The van der Waals surface area contributed by atoms with Gasteiger partial charge in [-0.25, -0.2) is 9.97 Å². The molecule has 6 nitrogen and oxygen atoms in total. The number of thioether (sulfide) groups is 1. The lowest BCUT2D eigenvalue weighted by Gasteiger charge is -2.14. The Hall–Kier alpha value is -2.79. The van der Waals surface area contributed by atoms with Crippen LogP contribution in [0.15, 0.2) is 53.7 Å². The largest absolute Gasteiger partial charge is 0.491 e. The van der Waals surface area contributed by atoms with Gasteiger partial charge in [-0.1, -0.05) is 42.4 Å². The van der Waals surface area contributed by atoms with Crippen LogP contribution in [-0.2, 0) is 6.42 Å². The van der Waals surface area contributed by atoms with Gasteiger partial charge in [0.2, 0.25) is 0 Å². The van der Waals surface area contributed by atoms with Crippen LogP contribution in [0.25, 0.3) is 11.1 Å². The van der Waals surface area contributed by atoms with Crippen molar-refractivity contribution < 1.29 is 9.84 Å². The Kier molecular flexibility index (Phi) is 7.52. The molecule has 154 valence electrons. The van der Waals surface area contributed by atoms with Gasteiger partial charge in [0.15, 0.2) is 5.16 Å². The number of rotatable bonds is 8. The summed E-state index contributed by atoms with van der Waals surface area (Å²) >= 11 is 7.30. The Morgan fingerprint density at radius 3 is 2.50 bits per heavy atom. The molecule has 2 aromatic carbocycles. The van der Waals surface area contributed by atoms with E-state index in [4.69, 9.17) is 27.3 Å².